The second kappa shape index (κ2) is 43.6. The molecule has 57 nitrogen and oxygen atoms in total. The molecule has 774 valence electrons. The molecule has 8 aromatic heterocycles. The summed E-state index contributed by atoms with van der Waals surface area (Å²) in [5.41, 5.74) is 11.0. The zero-order valence-corrected chi connectivity index (χ0v) is 86.3. The molecular formula is C70H94N19O38P7S7. The molecule has 15 rings (SSSR count). The highest BCUT2D eigenvalue weighted by molar-refractivity contribution is 8.09. The summed E-state index contributed by atoms with van der Waals surface area (Å²) in [6, 6.07) is 0. The van der Waals surface area contributed by atoms with E-state index in [4.69, 9.17) is 192 Å². The molecule has 0 amide bonds. The van der Waals surface area contributed by atoms with Crippen LogP contribution in [0.25, 0.3) is 11.2 Å². The number of nitrogens with one attached hydrogen (secondary N) is 4. The van der Waals surface area contributed by atoms with Gasteiger partial charge in [-0.1, -0.05) is 0 Å². The normalized spacial score (nSPS) is 29.7. The Hall–Kier alpha value is -6.14. The maximum Gasteiger partial charge on any atom is 0.351 e. The monoisotopic (exact) mass is 2250 g/mol. The molecule has 0 bridgehead atoms. The van der Waals surface area contributed by atoms with Gasteiger partial charge in [0.05, 0.1) is 94.8 Å². The molecule has 13 unspecified atom stereocenters. The highest BCUT2D eigenvalue weighted by atomic mass is 32.5. The summed E-state index contributed by atoms with van der Waals surface area (Å²) in [5, 5.41) is 0. The number of aromatic amines is 4. The van der Waals surface area contributed by atoms with E-state index in [9.17, 15) is 87.1 Å². The third-order valence-corrected chi connectivity index (χ3v) is 33.5. The van der Waals surface area contributed by atoms with Crippen LogP contribution in [-0.4, -0.2) is 241 Å². The lowest BCUT2D eigenvalue weighted by Gasteiger charge is -2.29. The molecule has 0 aliphatic carbocycles. The number of hydrogen-bond donors (Lipinski definition) is 15. The summed E-state index contributed by atoms with van der Waals surface area (Å²) in [6.45, 7) is -26.6. The van der Waals surface area contributed by atoms with Gasteiger partial charge in [-0.25, -0.2) is 43.7 Å². The first-order chi connectivity index (χ1) is 66.0. The molecule has 15 heterocycles. The third kappa shape index (κ3) is 26.6. The molecule has 7 aliphatic rings. The van der Waals surface area contributed by atoms with Crippen LogP contribution in [-0.2, 0) is 175 Å². The van der Waals surface area contributed by atoms with E-state index in [0.717, 1.165) is 46.1 Å². The summed E-state index contributed by atoms with van der Waals surface area (Å²) in [4.78, 5) is 251. The molecule has 8 aromatic rings. The molecule has 7 fully saturated rings. The lowest BCUT2D eigenvalue weighted by Crippen LogP contribution is -2.33. The summed E-state index contributed by atoms with van der Waals surface area (Å²) in [6.07, 6.45) is -20.0. The predicted molar refractivity (Wildman–Crippen MR) is 512 cm³/mol. The second-order valence-electron chi connectivity index (χ2n) is 33.3. The fraction of sp³-hybridized carbons (Fsp3) is 0.586. The van der Waals surface area contributed by atoms with Crippen LogP contribution in [0.3, 0.4) is 0 Å². The summed E-state index contributed by atoms with van der Waals surface area (Å²) in [5.74, 6) is -0.204. The van der Waals surface area contributed by atoms with Crippen LogP contribution < -0.4 is 73.6 Å². The Morgan fingerprint density at radius 2 is 0.574 bits per heavy atom. The van der Waals surface area contributed by atoms with Crippen molar-refractivity contribution >= 4 is 158 Å². The van der Waals surface area contributed by atoms with Gasteiger partial charge in [-0.15, -0.1) is 0 Å². The van der Waals surface area contributed by atoms with E-state index in [1.807, 2.05) is 0 Å². The molecule has 141 heavy (non-hydrogen) atoms. The van der Waals surface area contributed by atoms with Crippen molar-refractivity contribution in [1.82, 2.24) is 76.8 Å². The van der Waals surface area contributed by atoms with Crippen molar-refractivity contribution in [3.63, 3.8) is 0 Å². The van der Waals surface area contributed by atoms with Gasteiger partial charge in [0, 0.05) is 116 Å². The van der Waals surface area contributed by atoms with Crippen LogP contribution >= 0.6 is 47.0 Å². The molecular weight excluding hydrogens is 2160 g/mol. The van der Waals surface area contributed by atoms with Crippen molar-refractivity contribution in [3.05, 3.63) is 188 Å². The van der Waals surface area contributed by atoms with Crippen molar-refractivity contribution in [2.75, 3.05) is 56.8 Å². The fourth-order valence-corrected chi connectivity index (χ4v) is 25.9. The van der Waals surface area contributed by atoms with Crippen molar-refractivity contribution in [2.24, 2.45) is 0 Å². The van der Waals surface area contributed by atoms with Crippen LogP contribution in [0.5, 0.6) is 0 Å². The number of rotatable bonds is 39. The van der Waals surface area contributed by atoms with Gasteiger partial charge >= 0.3 is 81.2 Å². The van der Waals surface area contributed by atoms with Gasteiger partial charge in [0.1, 0.15) is 104 Å². The minimum Gasteiger partial charge on any atom is -0.383 e. The maximum absolute atomic E-state index is 13.6. The Morgan fingerprint density at radius 3 is 0.858 bits per heavy atom. The first-order valence-corrected chi connectivity index (χ1v) is 60.3. The first-order valence-electron chi connectivity index (χ1n) is 42.2. The lowest BCUT2D eigenvalue weighted by atomic mass is 10.2. The number of nitrogens with two attached hydrogens (primary N) is 3. The van der Waals surface area contributed by atoms with Gasteiger partial charge in [-0.05, 0) is 131 Å². The number of fused-ring (bicyclic) bond motifs is 1. The van der Waals surface area contributed by atoms with Gasteiger partial charge in [0.2, 0.25) is 0 Å². The zero-order valence-electron chi connectivity index (χ0n) is 74.3. The zero-order chi connectivity index (χ0) is 102. The summed E-state index contributed by atoms with van der Waals surface area (Å²) in [7, 11) is 0. The largest absolute Gasteiger partial charge is 0.383 e. The second-order valence-corrected chi connectivity index (χ2v) is 52.7. The van der Waals surface area contributed by atoms with E-state index in [1.54, 1.807) is 13.8 Å². The number of anilines is 3. The minimum atomic E-state index is -4.79. The Morgan fingerprint density at radius 1 is 0.333 bits per heavy atom. The summed E-state index contributed by atoms with van der Waals surface area (Å²) >= 11 is 38.2. The van der Waals surface area contributed by atoms with Crippen LogP contribution in [0.15, 0.2) is 97.8 Å². The van der Waals surface area contributed by atoms with E-state index in [2.05, 4.69) is 44.9 Å². The average Bonchev–Trinajstić information content (AvgIpc) is 1.62. The molecule has 0 aromatic carbocycles. The van der Waals surface area contributed by atoms with E-state index in [1.165, 1.54) is 70.3 Å². The lowest BCUT2D eigenvalue weighted by molar-refractivity contribution is -0.0579. The number of aryl methyl sites for hydroxylation is 6. The molecule has 7 saturated heterocycles. The molecule has 7 aliphatic heterocycles. The molecule has 0 saturated carbocycles. The number of imidazole rings is 1. The van der Waals surface area contributed by atoms with E-state index in [-0.39, 0.29) is 83.0 Å². The number of hydrogen-bond acceptors (Lipinski definition) is 45. The van der Waals surface area contributed by atoms with Crippen molar-refractivity contribution in [2.45, 2.75) is 222 Å². The maximum atomic E-state index is 13.6. The molecule has 0 radical (unpaired) electrons. The Labute approximate surface area is 827 Å². The minimum absolute atomic E-state index is 0.00569. The number of ether oxygens (including phenoxy) is 7. The standard InChI is InChI=1S/C70H94N19O38P7S7/c1-29-15-83(65(94)77-57(29)71)50-9-37(121-128(100,101)135)43(115-50)21-109-130(103,137)127-42-14-55(89-28-76-56-59(73)74-27-75-60(56)89)120-48(42)26-113-134(107,141)126-41-13-54(88-20-34(6)64(93)82-70(88)99)119-47(41)25-112-133(106,140)125-40-12-53(87-19-33(5)63(92)81-69(87)98)118-46(40)24-111-131(104,138)123-38-10-51(84-16-30(2)58(72)78-66(84)95)116-45(38)23-110-132(105,139)124-39-11-52(86-18-32(4)62(91)80-68(86)97)117-44(39)22-108-129(102,136)122-36-8-49(114-35(36)7)85-17-31(3)61(90)79-67(85)96/h15-20,27-28,35-55H,8-14,21-26H2,1-7H3,(H,102,136)(H,103,137)(H,104,138)(H,105,139)(H,106,140)(H,107,141)(H2,71,77,94)(H2,72,78,95)(H2,73,74,75)(H,79,90,96)(H,80,91,97)(H,81,92,98)(H,82,93,99)(H2,100,101,135)/t35-,36?,37?,38?,39?,40?,41?,42?,43-,44-,45-,46-,47-,48-,49-,50-,51-,52-,53-,54-,55-,129?,130?,131?,132?,133?,134?/m1/s1. The smallest absolute Gasteiger partial charge is 0.351 e. The Kier molecular flexibility index (Phi) is 33.7. The van der Waals surface area contributed by atoms with Gasteiger partial charge in [-0.2, -0.15) is 9.97 Å². The average molecular weight is 2250 g/mol. The Balaban J connectivity index is 0.632. The van der Waals surface area contributed by atoms with Gasteiger partial charge in [-0.3, -0.25) is 71.1 Å². The van der Waals surface area contributed by atoms with E-state index < -0.39 is 285 Å². The number of aromatic nitrogens is 16. The van der Waals surface area contributed by atoms with Crippen LogP contribution in [0.2, 0.25) is 0 Å². The first kappa shape index (κ1) is 109. The van der Waals surface area contributed by atoms with Gasteiger partial charge < -0.3 is 148 Å². The molecule has 18 N–H and O–H groups in total. The molecule has 0 spiro atoms. The van der Waals surface area contributed by atoms with E-state index in [0.29, 0.717) is 11.1 Å². The van der Waals surface area contributed by atoms with Crippen LogP contribution in [0, 0.1) is 41.5 Å². The topological polar surface area (TPSA) is 757 Å². The predicted octanol–water partition coefficient (Wildman–Crippen LogP) is -0.524. The third-order valence-electron chi connectivity index (χ3n) is 23.2. The molecule has 71 heteroatoms. The highest BCUT2D eigenvalue weighted by Gasteiger charge is 2.52. The van der Waals surface area contributed by atoms with Crippen LogP contribution in [0.4, 0.5) is 17.5 Å². The summed E-state index contributed by atoms with van der Waals surface area (Å²) < 4.78 is 129. The van der Waals surface area contributed by atoms with Gasteiger partial charge in [0.15, 0.2) is 11.5 Å². The van der Waals surface area contributed by atoms with Crippen molar-refractivity contribution in [1.29, 1.82) is 0 Å². The fourth-order valence-electron chi connectivity index (χ4n) is 16.1. The van der Waals surface area contributed by atoms with Crippen molar-refractivity contribution in [3.8, 4) is 0 Å². The van der Waals surface area contributed by atoms with Gasteiger partial charge in [0.25, 0.3) is 22.2 Å². The van der Waals surface area contributed by atoms with Crippen molar-refractivity contribution < 1.29 is 131 Å². The SMILES string of the molecule is Cc1cn([C@H]2CC(OP(O)(O)=S)[C@@H](COP(O)(=S)OC3C[C@H](n4cnc5c(N)ncnc54)O[C@@H]3COP(O)(=S)OC3C[C@H](n4cc(C)c(=O)[nH]c4=O)O[C@@H]3COP(O)(=S)OC3C[C@H](n4cc(C)c(=O)[nH]c4=O)O[C@@H]3COP(O)(=S)OC3C[C@H](n4cc(C)c(N)nc4=O)O[C@@H]3COP(O)(=S)OC3C[C@H](n4cc(C)c(=O)[nH]c4=O)O[C@@H]3COP(O)(=S)OC3C[C@H](n4cc(C)c(=O)[nH]c4=O)O[C@@H]3C)O2)c(=O)nc1N. The molecule has 27 atom stereocenters. The van der Waals surface area contributed by atoms with E-state index >= 15 is 0 Å². The number of nitrogens with zero attached hydrogens (tertiary/aromatic N) is 12. The Bertz CT molecular complexity index is 7130. The highest BCUT2D eigenvalue weighted by Crippen LogP contribution is 2.58. The van der Waals surface area contributed by atoms with Crippen LogP contribution in [0.1, 0.15) is 129 Å². The number of nitrogen functional groups attached to an aromatic ring is 3. The quantitative estimate of drug-likeness (QED) is 0.0215. The number of H-pyrrole nitrogens is 4.